The largest absolute Gasteiger partial charge is 0.494 e. The number of benzene rings is 1. The van der Waals surface area contributed by atoms with Crippen LogP contribution >= 0.6 is 38.9 Å². The summed E-state index contributed by atoms with van der Waals surface area (Å²) in [6, 6.07) is 3.98. The van der Waals surface area contributed by atoms with Crippen molar-refractivity contribution in [3.63, 3.8) is 0 Å². The Hall–Kier alpha value is -0.780. The van der Waals surface area contributed by atoms with Crippen LogP contribution < -0.4 is 10.1 Å². The van der Waals surface area contributed by atoms with Crippen LogP contribution in [0.25, 0.3) is 0 Å². The summed E-state index contributed by atoms with van der Waals surface area (Å²) in [5.74, 6) is 0.847. The van der Waals surface area contributed by atoms with E-state index in [2.05, 4.69) is 26.2 Å². The average molecular weight is 348 g/mol. The third-order valence-electron chi connectivity index (χ3n) is 2.52. The molecular formula is C12H12BrClN2OS. The maximum Gasteiger partial charge on any atom is 0.183 e. The Balaban J connectivity index is 2.16. The Morgan fingerprint density at radius 2 is 2.28 bits per heavy atom. The van der Waals surface area contributed by atoms with Crippen molar-refractivity contribution in [2.45, 2.75) is 13.5 Å². The zero-order chi connectivity index (χ0) is 13.1. The second-order valence-corrected chi connectivity index (χ2v) is 6.24. The molecule has 0 saturated carbocycles. The van der Waals surface area contributed by atoms with Gasteiger partial charge in [0.05, 0.1) is 19.3 Å². The standard InChI is InChI=1S/C12H12BrClN2OS/c1-7-9(13)3-4-10(11(7)17-2)15-5-8-6-16-12(14)18-8/h3-4,6,15H,5H2,1-2H3. The summed E-state index contributed by atoms with van der Waals surface area (Å²) >= 11 is 10.8. The van der Waals surface area contributed by atoms with E-state index in [1.54, 1.807) is 13.3 Å². The topological polar surface area (TPSA) is 34.1 Å². The van der Waals surface area contributed by atoms with Gasteiger partial charge in [-0.1, -0.05) is 27.5 Å². The molecule has 18 heavy (non-hydrogen) atoms. The number of nitrogens with one attached hydrogen (secondary N) is 1. The number of hydrogen-bond acceptors (Lipinski definition) is 4. The molecule has 0 atom stereocenters. The number of thiazole rings is 1. The first-order valence-corrected chi connectivity index (χ1v) is 7.27. The first kappa shape index (κ1) is 13.6. The Morgan fingerprint density at radius 1 is 1.50 bits per heavy atom. The third kappa shape index (κ3) is 2.96. The molecule has 1 N–H and O–H groups in total. The van der Waals surface area contributed by atoms with Crippen LogP contribution in [0.4, 0.5) is 5.69 Å². The molecule has 2 rings (SSSR count). The molecule has 96 valence electrons. The second kappa shape index (κ2) is 5.91. The maximum atomic E-state index is 5.80. The van der Waals surface area contributed by atoms with Crippen LogP contribution in [0.2, 0.25) is 4.47 Å². The minimum absolute atomic E-state index is 0.561. The molecule has 0 radical (unpaired) electrons. The fraction of sp³-hybridized carbons (Fsp3) is 0.250. The predicted molar refractivity (Wildman–Crippen MR) is 79.9 cm³/mol. The lowest BCUT2D eigenvalue weighted by Gasteiger charge is -2.13. The Kier molecular flexibility index (Phi) is 4.48. The molecule has 0 aliphatic rings. The number of rotatable bonds is 4. The summed E-state index contributed by atoms with van der Waals surface area (Å²) in [4.78, 5) is 5.09. The van der Waals surface area contributed by atoms with Gasteiger partial charge >= 0.3 is 0 Å². The maximum absolute atomic E-state index is 5.80. The summed E-state index contributed by atoms with van der Waals surface area (Å²) in [7, 11) is 1.67. The molecule has 6 heteroatoms. The average Bonchev–Trinajstić information content (AvgIpc) is 2.77. The first-order chi connectivity index (χ1) is 8.61. The highest BCUT2D eigenvalue weighted by atomic mass is 79.9. The van der Waals surface area contributed by atoms with E-state index in [0.717, 1.165) is 26.4 Å². The van der Waals surface area contributed by atoms with Crippen molar-refractivity contribution in [2.24, 2.45) is 0 Å². The molecule has 0 spiro atoms. The highest BCUT2D eigenvalue weighted by molar-refractivity contribution is 9.10. The summed E-state index contributed by atoms with van der Waals surface area (Å²) in [5.41, 5.74) is 2.03. The minimum Gasteiger partial charge on any atom is -0.494 e. The number of ether oxygens (including phenoxy) is 1. The van der Waals surface area contributed by atoms with Gasteiger partial charge in [-0.15, -0.1) is 11.3 Å². The van der Waals surface area contributed by atoms with E-state index in [0.29, 0.717) is 11.0 Å². The first-order valence-electron chi connectivity index (χ1n) is 5.29. The molecule has 1 aromatic carbocycles. The van der Waals surface area contributed by atoms with Crippen molar-refractivity contribution < 1.29 is 4.74 Å². The van der Waals surface area contributed by atoms with Crippen LogP contribution in [-0.4, -0.2) is 12.1 Å². The van der Waals surface area contributed by atoms with E-state index < -0.39 is 0 Å². The monoisotopic (exact) mass is 346 g/mol. The lowest BCUT2D eigenvalue weighted by Crippen LogP contribution is -2.01. The Morgan fingerprint density at radius 3 is 2.89 bits per heavy atom. The number of halogens is 2. The van der Waals surface area contributed by atoms with Crippen LogP contribution in [-0.2, 0) is 6.54 Å². The molecule has 0 bridgehead atoms. The fourth-order valence-corrected chi connectivity index (χ4v) is 2.85. The minimum atomic E-state index is 0.561. The number of methoxy groups -OCH3 is 1. The Bertz CT molecular complexity index is 559. The van der Waals surface area contributed by atoms with Crippen molar-refractivity contribution in [3.05, 3.63) is 37.7 Å². The van der Waals surface area contributed by atoms with E-state index >= 15 is 0 Å². The highest BCUT2D eigenvalue weighted by Crippen LogP contribution is 2.34. The molecule has 3 nitrogen and oxygen atoms in total. The number of nitrogens with zero attached hydrogens (tertiary/aromatic N) is 1. The van der Waals surface area contributed by atoms with Crippen molar-refractivity contribution in [3.8, 4) is 5.75 Å². The normalized spacial score (nSPS) is 10.4. The molecule has 0 fully saturated rings. The van der Waals surface area contributed by atoms with Crippen molar-refractivity contribution in [2.75, 3.05) is 12.4 Å². The van der Waals surface area contributed by atoms with Crippen LogP contribution in [0, 0.1) is 6.92 Å². The summed E-state index contributed by atoms with van der Waals surface area (Å²) in [6.45, 7) is 2.69. The third-order valence-corrected chi connectivity index (χ3v) is 4.50. The van der Waals surface area contributed by atoms with Gasteiger partial charge in [-0.2, -0.15) is 0 Å². The lowest BCUT2D eigenvalue weighted by atomic mass is 10.2. The molecule has 0 aliphatic heterocycles. The zero-order valence-electron chi connectivity index (χ0n) is 9.96. The van der Waals surface area contributed by atoms with Crippen molar-refractivity contribution in [1.82, 2.24) is 4.98 Å². The molecule has 0 aliphatic carbocycles. The smallest absolute Gasteiger partial charge is 0.183 e. The van der Waals surface area contributed by atoms with Crippen LogP contribution in [0.3, 0.4) is 0 Å². The molecule has 1 heterocycles. The summed E-state index contributed by atoms with van der Waals surface area (Å²) in [6.07, 6.45) is 1.78. The fourth-order valence-electron chi connectivity index (χ4n) is 1.62. The van der Waals surface area contributed by atoms with Crippen LogP contribution in [0.15, 0.2) is 22.8 Å². The summed E-state index contributed by atoms with van der Waals surface area (Å²) < 4.78 is 7.01. The van der Waals surface area contributed by atoms with Crippen LogP contribution in [0.5, 0.6) is 5.75 Å². The quantitative estimate of drug-likeness (QED) is 0.885. The number of aromatic nitrogens is 1. The van der Waals surface area contributed by atoms with Gasteiger partial charge in [0.1, 0.15) is 5.75 Å². The number of hydrogen-bond donors (Lipinski definition) is 1. The highest BCUT2D eigenvalue weighted by Gasteiger charge is 2.09. The van der Waals surface area contributed by atoms with E-state index in [9.17, 15) is 0 Å². The van der Waals surface area contributed by atoms with Gasteiger partial charge in [-0.05, 0) is 19.1 Å². The van der Waals surface area contributed by atoms with E-state index in [4.69, 9.17) is 16.3 Å². The SMILES string of the molecule is COc1c(NCc2cnc(Cl)s2)ccc(Br)c1C. The van der Waals surface area contributed by atoms with Gasteiger partial charge in [0, 0.05) is 21.1 Å². The van der Waals surface area contributed by atoms with Crippen LogP contribution in [0.1, 0.15) is 10.4 Å². The lowest BCUT2D eigenvalue weighted by molar-refractivity contribution is 0.413. The molecule has 1 aromatic heterocycles. The van der Waals surface area contributed by atoms with E-state index in [-0.39, 0.29) is 0 Å². The van der Waals surface area contributed by atoms with Gasteiger partial charge in [0.15, 0.2) is 4.47 Å². The van der Waals surface area contributed by atoms with Gasteiger partial charge < -0.3 is 10.1 Å². The van der Waals surface area contributed by atoms with Crippen molar-refractivity contribution >= 4 is 44.6 Å². The molecular weight excluding hydrogens is 336 g/mol. The molecule has 0 saturated heterocycles. The molecule has 0 amide bonds. The van der Waals surface area contributed by atoms with E-state index in [1.165, 1.54) is 11.3 Å². The Labute approximate surface area is 123 Å². The second-order valence-electron chi connectivity index (χ2n) is 3.69. The molecule has 0 unspecified atom stereocenters. The van der Waals surface area contributed by atoms with Gasteiger partial charge in [-0.3, -0.25) is 0 Å². The zero-order valence-corrected chi connectivity index (χ0v) is 13.1. The summed E-state index contributed by atoms with van der Waals surface area (Å²) in [5, 5.41) is 3.33. The van der Waals surface area contributed by atoms with Gasteiger partial charge in [0.25, 0.3) is 0 Å². The van der Waals surface area contributed by atoms with Crippen molar-refractivity contribution in [1.29, 1.82) is 0 Å². The van der Waals surface area contributed by atoms with Gasteiger partial charge in [0.2, 0.25) is 0 Å². The van der Waals surface area contributed by atoms with E-state index in [1.807, 2.05) is 19.1 Å². The van der Waals surface area contributed by atoms with Gasteiger partial charge in [-0.25, -0.2) is 4.98 Å². The predicted octanol–water partition coefficient (Wildman–Crippen LogP) is 4.49. The molecule has 2 aromatic rings. The number of anilines is 1.